The van der Waals surface area contributed by atoms with E-state index in [1.807, 2.05) is 12.1 Å². The maximum atomic E-state index is 11.9. The second-order valence-corrected chi connectivity index (χ2v) is 8.54. The fraction of sp³-hybridized carbons (Fsp3) is 0.571. The molecular weight excluding hydrogens is 348 g/mol. The van der Waals surface area contributed by atoms with E-state index in [2.05, 4.69) is 9.88 Å². The molecule has 3 aliphatic carbocycles. The van der Waals surface area contributed by atoms with E-state index in [1.165, 1.54) is 38.5 Å². The van der Waals surface area contributed by atoms with E-state index in [0.717, 1.165) is 36.4 Å². The minimum absolute atomic E-state index is 0.114. The van der Waals surface area contributed by atoms with Gasteiger partial charge in [0, 0.05) is 29.7 Å². The summed E-state index contributed by atoms with van der Waals surface area (Å²) in [5.74, 6) is 0.703. The molecule has 3 saturated carbocycles. The molecule has 0 aliphatic heterocycles. The molecule has 0 unspecified atom stereocenters. The highest BCUT2D eigenvalue weighted by molar-refractivity contribution is 6.32. The number of nitrogens with one attached hydrogen (secondary N) is 1. The van der Waals surface area contributed by atoms with Crippen molar-refractivity contribution in [1.29, 1.82) is 0 Å². The number of rotatable bonds is 5. The van der Waals surface area contributed by atoms with Gasteiger partial charge in [-0.15, -0.1) is 0 Å². The third kappa shape index (κ3) is 3.25. The van der Waals surface area contributed by atoms with E-state index in [-0.39, 0.29) is 11.7 Å². The fourth-order valence-electron chi connectivity index (χ4n) is 4.56. The largest absolute Gasteiger partial charge is 0.489 e. The van der Waals surface area contributed by atoms with Crippen molar-refractivity contribution in [1.82, 2.24) is 9.88 Å². The van der Waals surface area contributed by atoms with Gasteiger partial charge in [-0.3, -0.25) is 9.69 Å². The van der Waals surface area contributed by atoms with Crippen molar-refractivity contribution >= 4 is 22.4 Å². The summed E-state index contributed by atoms with van der Waals surface area (Å²) >= 11 is 6.39. The van der Waals surface area contributed by atoms with Crippen LogP contribution in [0, 0.1) is 0 Å². The highest BCUT2D eigenvalue weighted by Crippen LogP contribution is 2.42. The summed E-state index contributed by atoms with van der Waals surface area (Å²) in [7, 11) is 0. The number of nitrogens with zero attached hydrogens (tertiary/aromatic N) is 1. The van der Waals surface area contributed by atoms with Crippen LogP contribution < -0.4 is 10.3 Å². The van der Waals surface area contributed by atoms with E-state index in [0.29, 0.717) is 16.2 Å². The van der Waals surface area contributed by atoms with Crippen LogP contribution in [-0.4, -0.2) is 34.1 Å². The van der Waals surface area contributed by atoms with Crippen LogP contribution in [0.5, 0.6) is 5.75 Å². The van der Waals surface area contributed by atoms with Crippen LogP contribution >= 0.6 is 11.6 Å². The Morgan fingerprint density at radius 1 is 0.962 bits per heavy atom. The van der Waals surface area contributed by atoms with Gasteiger partial charge in [0.1, 0.15) is 5.75 Å². The Bertz CT molecular complexity index is 852. The predicted octanol–water partition coefficient (Wildman–Crippen LogP) is 4.50. The second-order valence-electron chi connectivity index (χ2n) is 8.13. The van der Waals surface area contributed by atoms with Gasteiger partial charge >= 0.3 is 0 Å². The minimum atomic E-state index is -0.114. The number of hydrogen-bond acceptors (Lipinski definition) is 3. The summed E-state index contributed by atoms with van der Waals surface area (Å²) in [4.78, 5) is 17.4. The molecule has 0 radical (unpaired) electrons. The molecule has 1 aromatic carbocycles. The van der Waals surface area contributed by atoms with Crippen LogP contribution in [-0.2, 0) is 0 Å². The van der Waals surface area contributed by atoms with Crippen molar-refractivity contribution in [2.24, 2.45) is 0 Å². The van der Waals surface area contributed by atoms with Crippen LogP contribution in [0.4, 0.5) is 0 Å². The van der Waals surface area contributed by atoms with Crippen molar-refractivity contribution in [2.75, 3.05) is 0 Å². The average molecular weight is 373 g/mol. The lowest BCUT2D eigenvalue weighted by Gasteiger charge is -2.37. The van der Waals surface area contributed by atoms with Gasteiger partial charge in [-0.25, -0.2) is 0 Å². The summed E-state index contributed by atoms with van der Waals surface area (Å²) in [5.41, 5.74) is -0.114. The molecule has 5 heteroatoms. The highest BCUT2D eigenvalue weighted by Gasteiger charge is 2.43. The first kappa shape index (κ1) is 16.6. The first-order valence-electron chi connectivity index (χ1n) is 9.94. The number of pyridine rings is 1. The molecule has 1 N–H and O–H groups in total. The first-order chi connectivity index (χ1) is 12.7. The van der Waals surface area contributed by atoms with Gasteiger partial charge in [-0.05, 0) is 75.0 Å². The number of H-pyrrole nitrogens is 1. The van der Waals surface area contributed by atoms with Crippen LogP contribution in [0.15, 0.2) is 29.2 Å². The van der Waals surface area contributed by atoms with Gasteiger partial charge in [0.2, 0.25) is 0 Å². The Balaban J connectivity index is 1.27. The summed E-state index contributed by atoms with van der Waals surface area (Å²) in [5, 5.41) is 2.00. The van der Waals surface area contributed by atoms with Crippen molar-refractivity contribution in [2.45, 2.75) is 75.6 Å². The van der Waals surface area contributed by atoms with Crippen LogP contribution in [0.25, 0.3) is 10.8 Å². The zero-order valence-corrected chi connectivity index (χ0v) is 15.7. The Labute approximate surface area is 158 Å². The van der Waals surface area contributed by atoms with E-state index in [4.69, 9.17) is 16.3 Å². The summed E-state index contributed by atoms with van der Waals surface area (Å²) in [6, 6.07) is 8.01. The number of hydrogen-bond donors (Lipinski definition) is 1. The van der Waals surface area contributed by atoms with Crippen LogP contribution in [0.1, 0.15) is 51.4 Å². The standard InChI is InChI=1S/C21H25ClN2O2/c22-19-12-18-13(9-10-23-21(18)25)11-20(19)26-17-7-5-16(6-8-17)24(14-1-2-14)15-3-4-15/h9-12,14-17H,1-8H2,(H,23,25)/t16-,17+. The zero-order valence-electron chi connectivity index (χ0n) is 14.9. The smallest absolute Gasteiger partial charge is 0.255 e. The number of aromatic amines is 1. The quantitative estimate of drug-likeness (QED) is 0.840. The molecule has 26 heavy (non-hydrogen) atoms. The Hall–Kier alpha value is -1.52. The Morgan fingerprint density at radius 2 is 1.58 bits per heavy atom. The molecule has 3 fully saturated rings. The van der Waals surface area contributed by atoms with Gasteiger partial charge in [0.05, 0.1) is 11.1 Å². The van der Waals surface area contributed by atoms with E-state index in [9.17, 15) is 4.79 Å². The van der Waals surface area contributed by atoms with E-state index >= 15 is 0 Å². The maximum absolute atomic E-state index is 11.9. The van der Waals surface area contributed by atoms with E-state index < -0.39 is 0 Å². The molecule has 0 spiro atoms. The molecule has 1 heterocycles. The third-order valence-corrected chi connectivity index (χ3v) is 6.42. The number of halogens is 1. The van der Waals surface area contributed by atoms with Gasteiger partial charge in [-0.1, -0.05) is 11.6 Å². The maximum Gasteiger partial charge on any atom is 0.255 e. The Kier molecular flexibility index (Phi) is 4.21. The van der Waals surface area contributed by atoms with Crippen molar-refractivity contribution in [3.05, 3.63) is 39.8 Å². The predicted molar refractivity (Wildman–Crippen MR) is 104 cm³/mol. The molecule has 4 nitrogen and oxygen atoms in total. The monoisotopic (exact) mass is 372 g/mol. The lowest BCUT2D eigenvalue weighted by Crippen LogP contribution is -2.42. The Morgan fingerprint density at radius 3 is 2.19 bits per heavy atom. The molecule has 138 valence electrons. The molecule has 5 rings (SSSR count). The van der Waals surface area contributed by atoms with Crippen LogP contribution in [0.2, 0.25) is 5.02 Å². The van der Waals surface area contributed by atoms with Crippen molar-refractivity contribution in [3.63, 3.8) is 0 Å². The normalized spacial score (nSPS) is 26.4. The zero-order chi connectivity index (χ0) is 17.7. The van der Waals surface area contributed by atoms with Gasteiger partial charge in [0.15, 0.2) is 0 Å². The molecule has 0 bridgehead atoms. The fourth-order valence-corrected chi connectivity index (χ4v) is 4.77. The minimum Gasteiger partial charge on any atom is -0.489 e. The van der Waals surface area contributed by atoms with Crippen molar-refractivity contribution in [3.8, 4) is 5.75 Å². The molecule has 1 aromatic heterocycles. The number of aromatic nitrogens is 1. The molecule has 3 aliphatic rings. The van der Waals surface area contributed by atoms with Gasteiger partial charge in [-0.2, -0.15) is 0 Å². The first-order valence-corrected chi connectivity index (χ1v) is 10.3. The SMILES string of the molecule is O=c1[nH]ccc2cc(O[C@H]3CC[C@@H](N(C4CC4)C4CC4)CC3)c(Cl)cc12. The second kappa shape index (κ2) is 6.58. The average Bonchev–Trinajstić information content (AvgIpc) is 3.53. The number of fused-ring (bicyclic) bond motifs is 1. The van der Waals surface area contributed by atoms with E-state index in [1.54, 1.807) is 12.3 Å². The molecule has 2 aromatic rings. The van der Waals surface area contributed by atoms with Gasteiger partial charge < -0.3 is 9.72 Å². The molecule has 0 saturated heterocycles. The number of benzene rings is 1. The van der Waals surface area contributed by atoms with Gasteiger partial charge in [0.25, 0.3) is 5.56 Å². The lowest BCUT2D eigenvalue weighted by atomic mass is 9.91. The summed E-state index contributed by atoms with van der Waals surface area (Å²) < 4.78 is 6.25. The number of ether oxygens (including phenoxy) is 1. The topological polar surface area (TPSA) is 45.3 Å². The molecule has 0 amide bonds. The lowest BCUT2D eigenvalue weighted by molar-refractivity contribution is 0.0789. The van der Waals surface area contributed by atoms with Crippen LogP contribution in [0.3, 0.4) is 0 Å². The highest BCUT2D eigenvalue weighted by atomic mass is 35.5. The van der Waals surface area contributed by atoms with Crippen molar-refractivity contribution < 1.29 is 4.74 Å². The summed E-state index contributed by atoms with van der Waals surface area (Å²) in [6.07, 6.45) is 12.1. The molecule has 0 atom stereocenters. The third-order valence-electron chi connectivity index (χ3n) is 6.12. The summed E-state index contributed by atoms with van der Waals surface area (Å²) in [6.45, 7) is 0. The molecular formula is C21H25ClN2O2.